The third kappa shape index (κ3) is 3.90. The van der Waals surface area contributed by atoms with Crippen LogP contribution in [0.3, 0.4) is 0 Å². The summed E-state index contributed by atoms with van der Waals surface area (Å²) >= 11 is 0. The number of primary amides is 1. The number of hydrazone groups is 1. The number of nitrogens with one attached hydrogen (secondary N) is 1. The van der Waals surface area contributed by atoms with Crippen LogP contribution >= 0.6 is 0 Å². The second-order valence-electron chi connectivity index (χ2n) is 5.21. The summed E-state index contributed by atoms with van der Waals surface area (Å²) in [6.07, 6.45) is 4.52. The highest BCUT2D eigenvalue weighted by Gasteiger charge is 2.27. The zero-order valence-corrected chi connectivity index (χ0v) is 9.84. The van der Waals surface area contributed by atoms with Crippen LogP contribution in [-0.2, 0) is 0 Å². The summed E-state index contributed by atoms with van der Waals surface area (Å²) in [6, 6.07) is -0.586. The van der Waals surface area contributed by atoms with Gasteiger partial charge in [0.1, 0.15) is 0 Å². The van der Waals surface area contributed by atoms with E-state index in [9.17, 15) is 4.79 Å². The molecule has 0 aromatic carbocycles. The van der Waals surface area contributed by atoms with E-state index in [1.54, 1.807) is 0 Å². The molecule has 15 heavy (non-hydrogen) atoms. The minimum atomic E-state index is -0.586. The Bertz CT molecular complexity index is 271. The number of hydrogen-bond acceptors (Lipinski definition) is 2. The predicted octanol–water partition coefficient (Wildman–Crippen LogP) is 2.25. The van der Waals surface area contributed by atoms with Gasteiger partial charge in [-0.25, -0.2) is 10.2 Å². The number of hydrogen-bond donors (Lipinski definition) is 2. The van der Waals surface area contributed by atoms with Crippen LogP contribution in [0.1, 0.15) is 46.5 Å². The molecular formula is C11H21N3O. The lowest BCUT2D eigenvalue weighted by molar-refractivity contribution is 0.249. The molecule has 86 valence electrons. The molecule has 0 aliphatic heterocycles. The van der Waals surface area contributed by atoms with Crippen LogP contribution in [0, 0.1) is 11.3 Å². The maximum Gasteiger partial charge on any atom is 0.332 e. The molecule has 0 unspecified atom stereocenters. The highest BCUT2D eigenvalue weighted by Crippen LogP contribution is 2.34. The molecule has 1 saturated carbocycles. The Kier molecular flexibility index (Phi) is 3.72. The maximum atomic E-state index is 10.6. The molecule has 4 nitrogen and oxygen atoms in total. The van der Waals surface area contributed by atoms with Gasteiger partial charge in [0.15, 0.2) is 0 Å². The summed E-state index contributed by atoms with van der Waals surface area (Å²) in [5, 5.41) is 4.11. The number of amides is 2. The van der Waals surface area contributed by atoms with Crippen molar-refractivity contribution in [1.82, 2.24) is 5.43 Å². The third-order valence-corrected chi connectivity index (χ3v) is 3.03. The summed E-state index contributed by atoms with van der Waals surface area (Å²) in [4.78, 5) is 10.6. The second kappa shape index (κ2) is 4.64. The fourth-order valence-electron chi connectivity index (χ4n) is 2.08. The van der Waals surface area contributed by atoms with Crippen molar-refractivity contribution in [3.05, 3.63) is 0 Å². The van der Waals surface area contributed by atoms with Gasteiger partial charge in [0.25, 0.3) is 0 Å². The van der Waals surface area contributed by atoms with Crippen molar-refractivity contribution in [2.24, 2.45) is 22.2 Å². The number of nitrogens with zero attached hydrogens (tertiary/aromatic N) is 1. The molecule has 0 radical (unpaired) electrons. The number of rotatable bonds is 1. The zero-order valence-electron chi connectivity index (χ0n) is 9.84. The van der Waals surface area contributed by atoms with E-state index in [0.29, 0.717) is 5.92 Å². The van der Waals surface area contributed by atoms with E-state index in [-0.39, 0.29) is 5.41 Å². The van der Waals surface area contributed by atoms with Gasteiger partial charge in [-0.1, -0.05) is 27.2 Å². The van der Waals surface area contributed by atoms with Crippen LogP contribution in [0.2, 0.25) is 0 Å². The van der Waals surface area contributed by atoms with Crippen molar-refractivity contribution in [1.29, 1.82) is 0 Å². The summed E-state index contributed by atoms with van der Waals surface area (Å²) in [5.41, 5.74) is 8.69. The summed E-state index contributed by atoms with van der Waals surface area (Å²) in [6.45, 7) is 6.64. The summed E-state index contributed by atoms with van der Waals surface area (Å²) in [7, 11) is 0. The molecule has 0 heterocycles. The predicted molar refractivity (Wildman–Crippen MR) is 61.6 cm³/mol. The quantitative estimate of drug-likeness (QED) is 0.507. The SMILES string of the molecule is C[C@@H]1CCCC(C)(C)CC1=NNC(N)=O. The van der Waals surface area contributed by atoms with Crippen LogP contribution in [0.5, 0.6) is 0 Å². The molecule has 0 saturated heterocycles. The van der Waals surface area contributed by atoms with Crippen LogP contribution in [0.25, 0.3) is 0 Å². The molecule has 1 rings (SSSR count). The largest absolute Gasteiger partial charge is 0.350 e. The van der Waals surface area contributed by atoms with Gasteiger partial charge in [0.2, 0.25) is 0 Å². The molecule has 1 fully saturated rings. The molecule has 3 N–H and O–H groups in total. The Morgan fingerprint density at radius 1 is 1.60 bits per heavy atom. The van der Waals surface area contributed by atoms with Crippen molar-refractivity contribution in [2.45, 2.75) is 46.5 Å². The van der Waals surface area contributed by atoms with Crippen LogP contribution in [0.4, 0.5) is 4.79 Å². The van der Waals surface area contributed by atoms with Gasteiger partial charge in [-0.05, 0) is 30.6 Å². The monoisotopic (exact) mass is 211 g/mol. The fourth-order valence-corrected chi connectivity index (χ4v) is 2.08. The molecule has 1 aliphatic rings. The van der Waals surface area contributed by atoms with Crippen molar-refractivity contribution in [3.63, 3.8) is 0 Å². The third-order valence-electron chi connectivity index (χ3n) is 3.03. The van der Waals surface area contributed by atoms with Crippen molar-refractivity contribution >= 4 is 11.7 Å². The molecule has 1 atom stereocenters. The van der Waals surface area contributed by atoms with Crippen LogP contribution in [0.15, 0.2) is 5.10 Å². The van der Waals surface area contributed by atoms with Gasteiger partial charge in [0.05, 0.1) is 0 Å². The van der Waals surface area contributed by atoms with Crippen molar-refractivity contribution < 1.29 is 4.79 Å². The standard InChI is InChI=1S/C11H21N3O/c1-8-5-4-6-11(2,3)7-9(8)13-14-10(12)15/h8H,4-7H2,1-3H3,(H3,12,14,15)/t8-/m1/s1. The fraction of sp³-hybridized carbons (Fsp3) is 0.818. The molecule has 0 bridgehead atoms. The summed E-state index contributed by atoms with van der Waals surface area (Å²) in [5.74, 6) is 0.443. The van der Waals surface area contributed by atoms with E-state index < -0.39 is 6.03 Å². The first-order valence-corrected chi connectivity index (χ1v) is 5.52. The molecular weight excluding hydrogens is 190 g/mol. The van der Waals surface area contributed by atoms with Crippen LogP contribution in [-0.4, -0.2) is 11.7 Å². The maximum absolute atomic E-state index is 10.6. The molecule has 2 amide bonds. The molecule has 0 aromatic rings. The van der Waals surface area contributed by atoms with E-state index in [1.807, 2.05) is 0 Å². The Morgan fingerprint density at radius 2 is 2.27 bits per heavy atom. The molecule has 0 aromatic heterocycles. The van der Waals surface area contributed by atoms with E-state index in [4.69, 9.17) is 5.73 Å². The first-order chi connectivity index (χ1) is 6.91. The Hall–Kier alpha value is -1.06. The lowest BCUT2D eigenvalue weighted by atomic mass is 9.84. The van der Waals surface area contributed by atoms with Gasteiger partial charge >= 0.3 is 6.03 Å². The second-order valence-corrected chi connectivity index (χ2v) is 5.21. The van der Waals surface area contributed by atoms with Gasteiger partial charge in [-0.15, -0.1) is 0 Å². The highest BCUT2D eigenvalue weighted by atomic mass is 16.2. The van der Waals surface area contributed by atoms with E-state index in [1.165, 1.54) is 12.8 Å². The molecule has 4 heteroatoms. The van der Waals surface area contributed by atoms with E-state index >= 15 is 0 Å². The van der Waals surface area contributed by atoms with Crippen LogP contribution < -0.4 is 11.2 Å². The normalized spacial score (nSPS) is 28.5. The highest BCUT2D eigenvalue weighted by molar-refractivity contribution is 5.88. The number of nitrogens with two attached hydrogens (primary N) is 1. The van der Waals surface area contributed by atoms with Gasteiger partial charge in [-0.2, -0.15) is 5.10 Å². The topological polar surface area (TPSA) is 67.5 Å². The Balaban J connectivity index is 2.73. The first-order valence-electron chi connectivity index (χ1n) is 5.52. The van der Waals surface area contributed by atoms with Gasteiger partial charge in [-0.3, -0.25) is 0 Å². The van der Waals surface area contributed by atoms with E-state index in [0.717, 1.165) is 18.6 Å². The minimum Gasteiger partial charge on any atom is -0.350 e. The minimum absolute atomic E-state index is 0.281. The molecule has 1 aliphatic carbocycles. The number of carbonyl (C=O) groups is 1. The average molecular weight is 211 g/mol. The number of urea groups is 1. The number of carbonyl (C=O) groups excluding carboxylic acids is 1. The lowest BCUT2D eigenvalue weighted by Gasteiger charge is -2.22. The van der Waals surface area contributed by atoms with Gasteiger partial charge < -0.3 is 5.73 Å². The molecule has 0 spiro atoms. The van der Waals surface area contributed by atoms with Gasteiger partial charge in [0, 0.05) is 5.71 Å². The smallest absolute Gasteiger partial charge is 0.332 e. The van der Waals surface area contributed by atoms with Crippen molar-refractivity contribution in [2.75, 3.05) is 0 Å². The lowest BCUT2D eigenvalue weighted by Crippen LogP contribution is -2.28. The summed E-state index contributed by atoms with van der Waals surface area (Å²) < 4.78 is 0. The van der Waals surface area contributed by atoms with E-state index in [2.05, 4.69) is 31.3 Å². The first kappa shape index (κ1) is 12.0. The van der Waals surface area contributed by atoms with Crippen molar-refractivity contribution in [3.8, 4) is 0 Å². The Morgan fingerprint density at radius 3 is 2.87 bits per heavy atom. The zero-order chi connectivity index (χ0) is 11.5. The Labute approximate surface area is 91.3 Å². The average Bonchev–Trinajstić information content (AvgIpc) is 2.22.